The van der Waals surface area contributed by atoms with Gasteiger partial charge in [-0.05, 0) is 59.3 Å². The van der Waals surface area contributed by atoms with Gasteiger partial charge in [0, 0.05) is 32.1 Å². The predicted molar refractivity (Wildman–Crippen MR) is 96.2 cm³/mol. The van der Waals surface area contributed by atoms with Crippen LogP contribution in [0.25, 0.3) is 0 Å². The fourth-order valence-electron chi connectivity index (χ4n) is 2.97. The lowest BCUT2D eigenvalue weighted by Crippen LogP contribution is -2.41. The van der Waals surface area contributed by atoms with E-state index < -0.39 is 5.60 Å². The average Bonchev–Trinajstić information content (AvgIpc) is 2.58. The number of ether oxygens (including phenoxy) is 2. The molecule has 1 aromatic rings. The number of rotatable bonds is 6. The first-order valence-corrected chi connectivity index (χ1v) is 9.20. The van der Waals surface area contributed by atoms with Crippen molar-refractivity contribution in [2.45, 2.75) is 65.1 Å². The van der Waals surface area contributed by atoms with Crippen molar-refractivity contribution < 1.29 is 14.3 Å². The minimum absolute atomic E-state index is 0.0253. The number of piperidine rings is 1. The Hall–Kier alpha value is -1.69. The van der Waals surface area contributed by atoms with E-state index >= 15 is 0 Å². The minimum atomic E-state index is -0.426. The van der Waals surface area contributed by atoms with Crippen LogP contribution in [0.15, 0.2) is 18.6 Å². The molecule has 1 aliphatic heterocycles. The summed E-state index contributed by atoms with van der Waals surface area (Å²) in [5, 5.41) is 0. The molecule has 1 aliphatic rings. The lowest BCUT2D eigenvalue weighted by Gasteiger charge is -2.33. The summed E-state index contributed by atoms with van der Waals surface area (Å²) in [5.74, 6) is 0.661. The van der Waals surface area contributed by atoms with E-state index in [-0.39, 0.29) is 12.2 Å². The molecule has 1 fully saturated rings. The second-order valence-electron chi connectivity index (χ2n) is 7.70. The summed E-state index contributed by atoms with van der Waals surface area (Å²) in [6.07, 6.45) is 9.13. The maximum absolute atomic E-state index is 12.1. The molecule has 1 amide bonds. The zero-order valence-electron chi connectivity index (χ0n) is 15.9. The number of amides is 1. The fraction of sp³-hybridized carbons (Fsp3) is 0.737. The highest BCUT2D eigenvalue weighted by Crippen LogP contribution is 2.24. The second-order valence-corrected chi connectivity index (χ2v) is 7.70. The van der Waals surface area contributed by atoms with E-state index in [1.54, 1.807) is 18.6 Å². The lowest BCUT2D eigenvalue weighted by atomic mass is 9.92. The molecule has 140 valence electrons. The summed E-state index contributed by atoms with van der Waals surface area (Å²) < 4.78 is 11.3. The van der Waals surface area contributed by atoms with Crippen molar-refractivity contribution in [3.63, 3.8) is 0 Å². The zero-order chi connectivity index (χ0) is 18.3. The summed E-state index contributed by atoms with van der Waals surface area (Å²) >= 11 is 0. The van der Waals surface area contributed by atoms with E-state index in [1.165, 1.54) is 0 Å². The molecule has 1 atom stereocenters. The first-order chi connectivity index (χ1) is 11.8. The average molecular weight is 349 g/mol. The van der Waals surface area contributed by atoms with E-state index in [1.807, 2.05) is 32.6 Å². The fourth-order valence-corrected chi connectivity index (χ4v) is 2.97. The van der Waals surface area contributed by atoms with Crippen LogP contribution in [0.3, 0.4) is 0 Å². The summed E-state index contributed by atoms with van der Waals surface area (Å²) in [6, 6.07) is 0. The number of aromatic nitrogens is 2. The third kappa shape index (κ3) is 6.98. The van der Waals surface area contributed by atoms with E-state index in [4.69, 9.17) is 9.47 Å². The van der Waals surface area contributed by atoms with Crippen LogP contribution < -0.4 is 0 Å². The zero-order valence-corrected chi connectivity index (χ0v) is 15.9. The molecule has 1 unspecified atom stereocenters. The number of carbonyl (C=O) groups is 1. The van der Waals surface area contributed by atoms with Gasteiger partial charge in [-0.25, -0.2) is 4.79 Å². The molecule has 2 rings (SSSR count). The van der Waals surface area contributed by atoms with Gasteiger partial charge in [-0.1, -0.05) is 0 Å². The van der Waals surface area contributed by atoms with Crippen molar-refractivity contribution in [1.29, 1.82) is 0 Å². The van der Waals surface area contributed by atoms with E-state index in [9.17, 15) is 4.79 Å². The van der Waals surface area contributed by atoms with Gasteiger partial charge in [0.15, 0.2) is 0 Å². The van der Waals surface area contributed by atoms with Crippen molar-refractivity contribution in [1.82, 2.24) is 14.9 Å². The summed E-state index contributed by atoms with van der Waals surface area (Å²) in [6.45, 7) is 10.0. The summed E-state index contributed by atoms with van der Waals surface area (Å²) in [4.78, 5) is 22.2. The molecule has 0 saturated carbocycles. The molecule has 0 N–H and O–H groups in total. The standard InChI is InChI=1S/C19H31N3O3/c1-15(17-14-20-9-10-21-17)24-13-5-6-16-7-11-22(12-8-16)18(23)25-19(2,3)4/h9-10,14-16H,5-8,11-13H2,1-4H3. The highest BCUT2D eigenvalue weighted by atomic mass is 16.6. The van der Waals surface area contributed by atoms with Crippen molar-refractivity contribution in [2.75, 3.05) is 19.7 Å². The molecular weight excluding hydrogens is 318 g/mol. The van der Waals surface area contributed by atoms with Crippen LogP contribution in [-0.4, -0.2) is 46.3 Å². The van der Waals surface area contributed by atoms with E-state index in [0.29, 0.717) is 5.92 Å². The van der Waals surface area contributed by atoms with Crippen molar-refractivity contribution in [3.05, 3.63) is 24.3 Å². The summed E-state index contributed by atoms with van der Waals surface area (Å²) in [5.41, 5.74) is 0.443. The highest BCUT2D eigenvalue weighted by molar-refractivity contribution is 5.68. The molecule has 0 aliphatic carbocycles. The van der Waals surface area contributed by atoms with Crippen LogP contribution in [0.2, 0.25) is 0 Å². The van der Waals surface area contributed by atoms with Crippen molar-refractivity contribution in [2.24, 2.45) is 5.92 Å². The molecule has 25 heavy (non-hydrogen) atoms. The molecular formula is C19H31N3O3. The maximum atomic E-state index is 12.1. The normalized spacial score (nSPS) is 17.4. The maximum Gasteiger partial charge on any atom is 0.410 e. The Balaban J connectivity index is 1.60. The second kappa shape index (κ2) is 9.13. The summed E-state index contributed by atoms with van der Waals surface area (Å²) in [7, 11) is 0. The smallest absolute Gasteiger partial charge is 0.410 e. The van der Waals surface area contributed by atoms with Crippen LogP contribution in [0.5, 0.6) is 0 Å². The van der Waals surface area contributed by atoms with E-state index in [0.717, 1.165) is 51.1 Å². The van der Waals surface area contributed by atoms with Gasteiger partial charge in [0.25, 0.3) is 0 Å². The van der Waals surface area contributed by atoms with Gasteiger partial charge in [0.2, 0.25) is 0 Å². The van der Waals surface area contributed by atoms with E-state index in [2.05, 4.69) is 9.97 Å². The Morgan fingerprint density at radius 3 is 2.64 bits per heavy atom. The van der Waals surface area contributed by atoms with Gasteiger partial charge in [0.1, 0.15) is 5.60 Å². The molecule has 1 aromatic heterocycles. The Kier molecular flexibility index (Phi) is 7.17. The van der Waals surface area contributed by atoms with Gasteiger partial charge in [-0.3, -0.25) is 9.97 Å². The molecule has 1 saturated heterocycles. The number of hydrogen-bond acceptors (Lipinski definition) is 5. The monoisotopic (exact) mass is 349 g/mol. The minimum Gasteiger partial charge on any atom is -0.444 e. The highest BCUT2D eigenvalue weighted by Gasteiger charge is 2.26. The SMILES string of the molecule is CC(OCCCC1CCN(C(=O)OC(C)(C)C)CC1)c1cnccn1. The number of likely N-dealkylation sites (tertiary alicyclic amines) is 1. The molecule has 6 nitrogen and oxygen atoms in total. The van der Waals surface area contributed by atoms with Crippen molar-refractivity contribution in [3.8, 4) is 0 Å². The topological polar surface area (TPSA) is 64.5 Å². The number of carbonyl (C=O) groups excluding carboxylic acids is 1. The van der Waals surface area contributed by atoms with Gasteiger partial charge in [-0.2, -0.15) is 0 Å². The number of hydrogen-bond donors (Lipinski definition) is 0. The van der Waals surface area contributed by atoms with Crippen LogP contribution in [0.4, 0.5) is 4.79 Å². The van der Waals surface area contributed by atoms with Gasteiger partial charge in [-0.15, -0.1) is 0 Å². The van der Waals surface area contributed by atoms with Crippen molar-refractivity contribution >= 4 is 6.09 Å². The van der Waals surface area contributed by atoms with Crippen LogP contribution >= 0.6 is 0 Å². The molecule has 0 spiro atoms. The molecule has 0 aromatic carbocycles. The Morgan fingerprint density at radius 1 is 1.32 bits per heavy atom. The van der Waals surface area contributed by atoms with Gasteiger partial charge < -0.3 is 14.4 Å². The molecule has 0 radical (unpaired) electrons. The Labute approximate surface area is 150 Å². The Morgan fingerprint density at radius 2 is 2.04 bits per heavy atom. The van der Waals surface area contributed by atoms with Crippen LogP contribution in [-0.2, 0) is 9.47 Å². The van der Waals surface area contributed by atoms with Gasteiger partial charge >= 0.3 is 6.09 Å². The molecule has 2 heterocycles. The predicted octanol–water partition coefficient (Wildman–Crippen LogP) is 3.98. The molecule has 0 bridgehead atoms. The largest absolute Gasteiger partial charge is 0.444 e. The quantitative estimate of drug-likeness (QED) is 0.727. The number of nitrogens with zero attached hydrogens (tertiary/aromatic N) is 3. The Bertz CT molecular complexity index is 522. The van der Waals surface area contributed by atoms with Gasteiger partial charge in [0.05, 0.1) is 18.0 Å². The van der Waals surface area contributed by atoms with Crippen LogP contribution in [0, 0.1) is 5.92 Å². The third-order valence-corrected chi connectivity index (χ3v) is 4.39. The third-order valence-electron chi connectivity index (χ3n) is 4.39. The first-order valence-electron chi connectivity index (χ1n) is 9.20. The van der Waals surface area contributed by atoms with Crippen LogP contribution in [0.1, 0.15) is 65.2 Å². The molecule has 6 heteroatoms. The first kappa shape index (κ1) is 19.6. The lowest BCUT2D eigenvalue weighted by molar-refractivity contribution is 0.0169.